The fourth-order valence-electron chi connectivity index (χ4n) is 5.69. The van der Waals surface area contributed by atoms with Crippen LogP contribution >= 0.6 is 0 Å². The van der Waals surface area contributed by atoms with Crippen molar-refractivity contribution in [3.63, 3.8) is 0 Å². The van der Waals surface area contributed by atoms with Crippen LogP contribution in [0.15, 0.2) is 48.5 Å². The lowest BCUT2D eigenvalue weighted by atomic mass is 9.88. The minimum Gasteiger partial charge on any atom is -0.356 e. The van der Waals surface area contributed by atoms with E-state index >= 15 is 0 Å². The smallest absolute Gasteiger partial charge is 0.0384 e. The molecule has 0 bridgehead atoms. The van der Waals surface area contributed by atoms with Crippen LogP contribution < -0.4 is 5.32 Å². The molecule has 0 saturated heterocycles. The molecule has 37 heavy (non-hydrogen) atoms. The molecule has 0 aliphatic rings. The van der Waals surface area contributed by atoms with Gasteiger partial charge in [0.25, 0.3) is 0 Å². The Labute approximate surface area is 231 Å². The summed E-state index contributed by atoms with van der Waals surface area (Å²) in [5.41, 5.74) is 5.46. The van der Waals surface area contributed by atoms with Crippen molar-refractivity contribution in [1.29, 1.82) is 0 Å². The lowest BCUT2D eigenvalue weighted by Crippen LogP contribution is -2.01. The number of anilines is 2. The predicted molar refractivity (Wildman–Crippen MR) is 167 cm³/mol. The lowest BCUT2D eigenvalue weighted by molar-refractivity contribution is 0.504. The summed E-state index contributed by atoms with van der Waals surface area (Å²) in [7, 11) is 0. The van der Waals surface area contributed by atoms with Crippen molar-refractivity contribution in [1.82, 2.24) is 0 Å². The summed E-state index contributed by atoms with van der Waals surface area (Å²) in [6.07, 6.45) is 24.4. The predicted octanol–water partition coefficient (Wildman–Crippen LogP) is 12.7. The number of nitrogens with one attached hydrogen (secondary N) is 1. The van der Waals surface area contributed by atoms with Gasteiger partial charge in [-0.2, -0.15) is 0 Å². The Morgan fingerprint density at radius 1 is 0.405 bits per heavy atom. The molecule has 1 N–H and O–H groups in total. The molecular formula is C36H59N. The Morgan fingerprint density at radius 2 is 0.730 bits per heavy atom. The first-order valence-electron chi connectivity index (χ1n) is 16.2. The van der Waals surface area contributed by atoms with Gasteiger partial charge in [0.15, 0.2) is 0 Å². The number of hydrogen-bond acceptors (Lipinski definition) is 1. The van der Waals surface area contributed by atoms with E-state index in [0.29, 0.717) is 0 Å². The van der Waals surface area contributed by atoms with Crippen LogP contribution in [0.4, 0.5) is 11.4 Å². The molecule has 0 fully saturated rings. The first kappa shape index (κ1) is 31.5. The van der Waals surface area contributed by atoms with Crippen molar-refractivity contribution in [2.75, 3.05) is 5.32 Å². The first-order chi connectivity index (χ1) is 18.2. The summed E-state index contributed by atoms with van der Waals surface area (Å²) in [5.74, 6) is 1.44. The van der Waals surface area contributed by atoms with E-state index in [2.05, 4.69) is 81.5 Å². The summed E-state index contributed by atoms with van der Waals surface area (Å²) in [5, 5.41) is 3.66. The summed E-state index contributed by atoms with van der Waals surface area (Å²) < 4.78 is 0. The van der Waals surface area contributed by atoms with Gasteiger partial charge in [-0.25, -0.2) is 0 Å². The molecule has 0 amide bonds. The third kappa shape index (κ3) is 13.0. The summed E-state index contributed by atoms with van der Waals surface area (Å²) in [6, 6.07) is 18.7. The van der Waals surface area contributed by atoms with Crippen LogP contribution in [0.3, 0.4) is 0 Å². The molecule has 0 aromatic heterocycles. The quantitative estimate of drug-likeness (QED) is 0.157. The average Bonchev–Trinajstić information content (AvgIpc) is 2.93. The van der Waals surface area contributed by atoms with Crippen molar-refractivity contribution in [2.24, 2.45) is 0 Å². The van der Waals surface area contributed by atoms with Gasteiger partial charge in [0.2, 0.25) is 0 Å². The molecule has 0 saturated carbocycles. The molecule has 0 aliphatic heterocycles. The molecule has 0 aliphatic carbocycles. The van der Waals surface area contributed by atoms with Gasteiger partial charge in [-0.05, 0) is 72.9 Å². The minimum atomic E-state index is 0.719. The monoisotopic (exact) mass is 505 g/mol. The van der Waals surface area contributed by atoms with Crippen LogP contribution in [0, 0.1) is 0 Å². The van der Waals surface area contributed by atoms with E-state index in [9.17, 15) is 0 Å². The van der Waals surface area contributed by atoms with Crippen molar-refractivity contribution >= 4 is 11.4 Å². The van der Waals surface area contributed by atoms with Gasteiger partial charge in [-0.15, -0.1) is 0 Å². The second-order valence-corrected chi connectivity index (χ2v) is 11.5. The fraction of sp³-hybridized carbons (Fsp3) is 0.667. The van der Waals surface area contributed by atoms with Gasteiger partial charge in [-0.1, -0.05) is 142 Å². The highest BCUT2D eigenvalue weighted by molar-refractivity contribution is 5.60. The maximum atomic E-state index is 3.66. The van der Waals surface area contributed by atoms with Crippen LogP contribution in [0.1, 0.15) is 166 Å². The highest BCUT2D eigenvalue weighted by Crippen LogP contribution is 2.31. The summed E-state index contributed by atoms with van der Waals surface area (Å²) in [6.45, 7) is 9.23. The summed E-state index contributed by atoms with van der Waals surface area (Å²) >= 11 is 0. The first-order valence-corrected chi connectivity index (χ1v) is 16.2. The van der Waals surface area contributed by atoms with Gasteiger partial charge in [0.05, 0.1) is 0 Å². The molecular weight excluding hydrogens is 446 g/mol. The van der Waals surface area contributed by atoms with Crippen LogP contribution in [0.25, 0.3) is 0 Å². The van der Waals surface area contributed by atoms with Gasteiger partial charge < -0.3 is 5.32 Å². The molecule has 1 nitrogen and oxygen atoms in total. The van der Waals surface area contributed by atoms with E-state index in [1.807, 2.05) is 0 Å². The van der Waals surface area contributed by atoms with E-state index in [4.69, 9.17) is 0 Å². The molecule has 2 rings (SSSR count). The second-order valence-electron chi connectivity index (χ2n) is 11.5. The maximum Gasteiger partial charge on any atom is 0.0384 e. The topological polar surface area (TPSA) is 12.0 Å². The van der Waals surface area contributed by atoms with Gasteiger partial charge in [0.1, 0.15) is 0 Å². The average molecular weight is 506 g/mol. The van der Waals surface area contributed by atoms with Crippen molar-refractivity contribution in [3.8, 4) is 0 Å². The molecule has 2 atom stereocenters. The zero-order chi connectivity index (χ0) is 26.6. The molecule has 208 valence electrons. The Balaban J connectivity index is 1.93. The highest BCUT2D eigenvalue weighted by atomic mass is 14.9. The number of benzene rings is 2. The molecule has 2 aromatic carbocycles. The van der Waals surface area contributed by atoms with Gasteiger partial charge in [0, 0.05) is 11.4 Å². The zero-order valence-electron chi connectivity index (χ0n) is 25.0. The number of unbranched alkanes of at least 4 members (excludes halogenated alkanes) is 10. The molecule has 2 aromatic rings. The van der Waals surface area contributed by atoms with E-state index in [1.54, 1.807) is 0 Å². The number of hydrogen-bond donors (Lipinski definition) is 1. The Morgan fingerprint density at radius 3 is 1.08 bits per heavy atom. The third-order valence-corrected chi connectivity index (χ3v) is 8.18. The van der Waals surface area contributed by atoms with Crippen molar-refractivity contribution in [3.05, 3.63) is 59.7 Å². The minimum absolute atomic E-state index is 0.719. The molecule has 1 heteroatoms. The van der Waals surface area contributed by atoms with Gasteiger partial charge >= 0.3 is 0 Å². The second kappa shape index (κ2) is 20.2. The molecule has 0 radical (unpaired) electrons. The maximum absolute atomic E-state index is 3.66. The SMILES string of the molecule is CCCCCCCC(CCCC)c1ccc(Nc2ccc(C(CCCC)CCCCCCC)cc2)cc1. The third-order valence-electron chi connectivity index (χ3n) is 8.18. The standard InChI is InChI=1S/C36H59N/c1-5-9-13-15-17-21-31(19-11-7-3)33-23-27-35(28-24-33)37-36-29-25-34(26-30-36)32(20-12-8-4)22-18-16-14-10-6-2/h23-32,37H,5-22H2,1-4H3. The lowest BCUT2D eigenvalue weighted by Gasteiger charge is -2.19. The van der Waals surface area contributed by atoms with E-state index in [-0.39, 0.29) is 0 Å². The fourth-order valence-corrected chi connectivity index (χ4v) is 5.69. The molecule has 2 unspecified atom stereocenters. The van der Waals surface area contributed by atoms with Crippen LogP contribution in [-0.2, 0) is 0 Å². The normalized spacial score (nSPS) is 13.0. The van der Waals surface area contributed by atoms with Crippen LogP contribution in [0.2, 0.25) is 0 Å². The highest BCUT2D eigenvalue weighted by Gasteiger charge is 2.13. The molecule has 0 heterocycles. The van der Waals surface area contributed by atoms with Crippen molar-refractivity contribution in [2.45, 2.75) is 155 Å². The van der Waals surface area contributed by atoms with E-state index in [0.717, 1.165) is 11.8 Å². The summed E-state index contributed by atoms with van der Waals surface area (Å²) in [4.78, 5) is 0. The Bertz CT molecular complexity index is 708. The zero-order valence-corrected chi connectivity index (χ0v) is 25.0. The van der Waals surface area contributed by atoms with E-state index in [1.165, 1.54) is 138 Å². The Hall–Kier alpha value is -1.76. The van der Waals surface area contributed by atoms with Crippen molar-refractivity contribution < 1.29 is 0 Å². The largest absolute Gasteiger partial charge is 0.356 e. The van der Waals surface area contributed by atoms with Crippen LogP contribution in [-0.4, -0.2) is 0 Å². The molecule has 0 spiro atoms. The number of rotatable bonds is 22. The van der Waals surface area contributed by atoms with E-state index < -0.39 is 0 Å². The van der Waals surface area contributed by atoms with Crippen LogP contribution in [0.5, 0.6) is 0 Å². The Kier molecular flexibility index (Phi) is 17.2. The van der Waals surface area contributed by atoms with Gasteiger partial charge in [-0.3, -0.25) is 0 Å².